The van der Waals surface area contributed by atoms with E-state index in [1.165, 1.54) is 27.8 Å². The van der Waals surface area contributed by atoms with E-state index in [2.05, 4.69) is 56.2 Å². The second-order valence-corrected chi connectivity index (χ2v) is 5.63. The minimum Gasteiger partial charge on any atom is -0.311 e. The number of aryl methyl sites for hydroxylation is 4. The molecule has 0 radical (unpaired) electrons. The number of benzene rings is 1. The lowest BCUT2D eigenvalue weighted by atomic mass is 9.92. The minimum atomic E-state index is 0.260. The number of nitrogens with zero attached hydrogens (tertiary/aromatic N) is 1. The van der Waals surface area contributed by atoms with Gasteiger partial charge in [0.15, 0.2) is 0 Å². The Labute approximate surface area is 122 Å². The van der Waals surface area contributed by atoms with E-state index in [0.29, 0.717) is 0 Å². The van der Waals surface area contributed by atoms with Gasteiger partial charge in [-0.1, -0.05) is 23.8 Å². The van der Waals surface area contributed by atoms with Crippen LogP contribution in [0.1, 0.15) is 39.6 Å². The van der Waals surface area contributed by atoms with Gasteiger partial charge in [0.05, 0.1) is 11.7 Å². The zero-order chi connectivity index (χ0) is 14.7. The summed E-state index contributed by atoms with van der Waals surface area (Å²) >= 11 is 0. The van der Waals surface area contributed by atoms with Gasteiger partial charge in [-0.2, -0.15) is 0 Å². The largest absolute Gasteiger partial charge is 0.311 e. The monoisotopic (exact) mass is 268 g/mol. The van der Waals surface area contributed by atoms with E-state index >= 15 is 0 Å². The molecule has 0 fully saturated rings. The SMILES string of the molecule is CNC(Cc1c(C)cc(C)cc1C)c1ncccc1C. The molecule has 106 valence electrons. The van der Waals surface area contributed by atoms with Gasteiger partial charge in [0.2, 0.25) is 0 Å². The summed E-state index contributed by atoms with van der Waals surface area (Å²) in [4.78, 5) is 4.56. The normalized spacial score (nSPS) is 12.4. The third-order valence-electron chi connectivity index (χ3n) is 3.98. The van der Waals surface area contributed by atoms with Gasteiger partial charge in [-0.25, -0.2) is 0 Å². The molecule has 1 atom stereocenters. The topological polar surface area (TPSA) is 24.9 Å². The Morgan fingerprint density at radius 3 is 2.25 bits per heavy atom. The highest BCUT2D eigenvalue weighted by Crippen LogP contribution is 2.24. The van der Waals surface area contributed by atoms with Gasteiger partial charge in [-0.05, 0) is 69.5 Å². The number of hydrogen-bond acceptors (Lipinski definition) is 2. The van der Waals surface area contributed by atoms with E-state index in [9.17, 15) is 0 Å². The van der Waals surface area contributed by atoms with Crippen molar-refractivity contribution in [2.24, 2.45) is 0 Å². The molecule has 0 spiro atoms. The maximum Gasteiger partial charge on any atom is 0.0605 e. The molecular formula is C18H24N2. The molecule has 2 aromatic rings. The first kappa shape index (κ1) is 14.7. The van der Waals surface area contributed by atoms with Crippen LogP contribution in [0.15, 0.2) is 30.5 Å². The molecule has 1 aromatic carbocycles. The number of nitrogens with one attached hydrogen (secondary N) is 1. The number of hydrogen-bond donors (Lipinski definition) is 1. The Bertz CT molecular complexity index is 579. The molecule has 0 aliphatic carbocycles. The fourth-order valence-corrected chi connectivity index (χ4v) is 2.93. The molecule has 2 heteroatoms. The molecule has 20 heavy (non-hydrogen) atoms. The first-order valence-corrected chi connectivity index (χ1v) is 7.18. The van der Waals surface area contributed by atoms with Crippen LogP contribution in [0.25, 0.3) is 0 Å². The summed E-state index contributed by atoms with van der Waals surface area (Å²) in [5, 5.41) is 3.41. The molecule has 0 aliphatic heterocycles. The summed E-state index contributed by atoms with van der Waals surface area (Å²) in [6, 6.07) is 8.91. The summed E-state index contributed by atoms with van der Waals surface area (Å²) in [6.07, 6.45) is 2.85. The molecule has 1 unspecified atom stereocenters. The highest BCUT2D eigenvalue weighted by atomic mass is 14.9. The Balaban J connectivity index is 2.35. The summed E-state index contributed by atoms with van der Waals surface area (Å²) in [7, 11) is 2.01. The fourth-order valence-electron chi connectivity index (χ4n) is 2.93. The second kappa shape index (κ2) is 6.19. The Morgan fingerprint density at radius 2 is 1.70 bits per heavy atom. The zero-order valence-electron chi connectivity index (χ0n) is 13.1. The van der Waals surface area contributed by atoms with Crippen LogP contribution in [0, 0.1) is 27.7 Å². The smallest absolute Gasteiger partial charge is 0.0605 e. The summed E-state index contributed by atoms with van der Waals surface area (Å²) in [6.45, 7) is 8.68. The van der Waals surface area contributed by atoms with Gasteiger partial charge in [0.25, 0.3) is 0 Å². The van der Waals surface area contributed by atoms with E-state index < -0.39 is 0 Å². The number of aromatic nitrogens is 1. The zero-order valence-corrected chi connectivity index (χ0v) is 13.1. The molecule has 1 N–H and O–H groups in total. The Morgan fingerprint density at radius 1 is 1.05 bits per heavy atom. The molecule has 2 nitrogen and oxygen atoms in total. The van der Waals surface area contributed by atoms with Crippen LogP contribution in [0.2, 0.25) is 0 Å². The van der Waals surface area contributed by atoms with Gasteiger partial charge >= 0.3 is 0 Å². The van der Waals surface area contributed by atoms with E-state index in [1.807, 2.05) is 19.3 Å². The number of rotatable bonds is 4. The molecule has 1 heterocycles. The van der Waals surface area contributed by atoms with E-state index in [1.54, 1.807) is 0 Å². The first-order valence-electron chi connectivity index (χ1n) is 7.18. The van der Waals surface area contributed by atoms with Crippen molar-refractivity contribution in [3.05, 3.63) is 64.0 Å². The Hall–Kier alpha value is -1.67. The Kier molecular flexibility index (Phi) is 4.56. The van der Waals surface area contributed by atoms with Gasteiger partial charge in [0, 0.05) is 6.20 Å². The van der Waals surface area contributed by atoms with Gasteiger partial charge in [0.1, 0.15) is 0 Å². The fraction of sp³-hybridized carbons (Fsp3) is 0.389. The predicted molar refractivity (Wildman–Crippen MR) is 85.1 cm³/mol. The lowest BCUT2D eigenvalue weighted by molar-refractivity contribution is 0.569. The van der Waals surface area contributed by atoms with Crippen LogP contribution in [0.4, 0.5) is 0 Å². The standard InChI is InChI=1S/C18H24N2/c1-12-9-14(3)16(15(4)10-12)11-17(19-5)18-13(2)7-6-8-20-18/h6-10,17,19H,11H2,1-5H3. The highest BCUT2D eigenvalue weighted by Gasteiger charge is 2.16. The van der Waals surface area contributed by atoms with Crippen molar-refractivity contribution in [3.63, 3.8) is 0 Å². The first-order chi connectivity index (χ1) is 9.52. The lowest BCUT2D eigenvalue weighted by Crippen LogP contribution is -2.22. The number of pyridine rings is 1. The summed E-state index contributed by atoms with van der Waals surface area (Å²) < 4.78 is 0. The van der Waals surface area contributed by atoms with Crippen molar-refractivity contribution in [3.8, 4) is 0 Å². The van der Waals surface area contributed by atoms with Crippen molar-refractivity contribution in [1.82, 2.24) is 10.3 Å². The molecule has 0 amide bonds. The quantitative estimate of drug-likeness (QED) is 0.912. The minimum absolute atomic E-state index is 0.260. The molecule has 0 saturated carbocycles. The third-order valence-corrected chi connectivity index (χ3v) is 3.98. The maximum atomic E-state index is 4.56. The molecule has 0 aliphatic rings. The van der Waals surface area contributed by atoms with Crippen LogP contribution in [-0.2, 0) is 6.42 Å². The van der Waals surface area contributed by atoms with Gasteiger partial charge < -0.3 is 5.32 Å². The average molecular weight is 268 g/mol. The van der Waals surface area contributed by atoms with Gasteiger partial charge in [-0.15, -0.1) is 0 Å². The van der Waals surface area contributed by atoms with Crippen molar-refractivity contribution < 1.29 is 0 Å². The number of likely N-dealkylation sites (N-methyl/N-ethyl adjacent to an activating group) is 1. The molecule has 0 bridgehead atoms. The molecule has 2 rings (SSSR count). The van der Waals surface area contributed by atoms with E-state index in [4.69, 9.17) is 0 Å². The van der Waals surface area contributed by atoms with E-state index in [-0.39, 0.29) is 6.04 Å². The van der Waals surface area contributed by atoms with Crippen LogP contribution in [-0.4, -0.2) is 12.0 Å². The highest BCUT2D eigenvalue weighted by molar-refractivity contribution is 5.39. The van der Waals surface area contributed by atoms with Crippen LogP contribution in [0.5, 0.6) is 0 Å². The summed E-state index contributed by atoms with van der Waals surface area (Å²) in [5.74, 6) is 0. The molecular weight excluding hydrogens is 244 g/mol. The third kappa shape index (κ3) is 3.07. The second-order valence-electron chi connectivity index (χ2n) is 5.63. The molecule has 1 aromatic heterocycles. The molecule has 0 saturated heterocycles. The van der Waals surface area contributed by atoms with Crippen LogP contribution in [0.3, 0.4) is 0 Å². The van der Waals surface area contributed by atoms with Crippen molar-refractivity contribution in [2.75, 3.05) is 7.05 Å². The lowest BCUT2D eigenvalue weighted by Gasteiger charge is -2.20. The van der Waals surface area contributed by atoms with Crippen molar-refractivity contribution >= 4 is 0 Å². The van der Waals surface area contributed by atoms with Crippen LogP contribution >= 0.6 is 0 Å². The summed E-state index contributed by atoms with van der Waals surface area (Å²) in [5.41, 5.74) is 7.90. The average Bonchev–Trinajstić information content (AvgIpc) is 2.39. The maximum absolute atomic E-state index is 4.56. The van der Waals surface area contributed by atoms with Crippen LogP contribution < -0.4 is 5.32 Å². The van der Waals surface area contributed by atoms with E-state index in [0.717, 1.165) is 12.1 Å². The van der Waals surface area contributed by atoms with Crippen molar-refractivity contribution in [1.29, 1.82) is 0 Å². The van der Waals surface area contributed by atoms with Gasteiger partial charge in [-0.3, -0.25) is 4.98 Å². The predicted octanol–water partition coefficient (Wildman–Crippen LogP) is 3.82. The van der Waals surface area contributed by atoms with Crippen molar-refractivity contribution in [2.45, 2.75) is 40.2 Å².